The van der Waals surface area contributed by atoms with Gasteiger partial charge in [0.05, 0.1) is 18.2 Å². The fraction of sp³-hybridized carbons (Fsp3) is 0.263. The average molecular weight is 375 g/mol. The van der Waals surface area contributed by atoms with Gasteiger partial charge in [0.1, 0.15) is 0 Å². The Labute approximate surface area is 153 Å². The first-order chi connectivity index (χ1) is 12.8. The van der Waals surface area contributed by atoms with E-state index in [2.05, 4.69) is 5.32 Å². The molecule has 0 saturated heterocycles. The molecule has 5 nitrogen and oxygen atoms in total. The molecule has 3 rings (SSSR count). The van der Waals surface area contributed by atoms with Crippen molar-refractivity contribution in [3.63, 3.8) is 0 Å². The number of alkyl halides is 3. The number of halogens is 3. The first-order valence-electron chi connectivity index (χ1n) is 8.18. The first kappa shape index (κ1) is 18.7. The zero-order valence-electron chi connectivity index (χ0n) is 14.1. The lowest BCUT2D eigenvalue weighted by Gasteiger charge is -2.48. The molecule has 0 radical (unpaired) electrons. The number of amides is 1. The number of nitriles is 1. The Balaban J connectivity index is 2.19. The highest BCUT2D eigenvalue weighted by atomic mass is 19.4. The molecule has 27 heavy (non-hydrogen) atoms. The number of carbonyl (C=O) groups is 1. The molecular formula is C19H16F3N3O2. The van der Waals surface area contributed by atoms with Crippen LogP contribution in [0.4, 0.5) is 18.9 Å². The maximum Gasteiger partial charge on any atom is 0.430 e. The van der Waals surface area contributed by atoms with Crippen LogP contribution in [0.2, 0.25) is 0 Å². The van der Waals surface area contributed by atoms with Gasteiger partial charge in [0, 0.05) is 24.2 Å². The third-order valence-corrected chi connectivity index (χ3v) is 4.53. The normalized spacial score (nSPS) is 19.4. The summed E-state index contributed by atoms with van der Waals surface area (Å²) >= 11 is 0. The maximum absolute atomic E-state index is 14.3. The molecule has 1 amide bonds. The van der Waals surface area contributed by atoms with Crippen LogP contribution in [0.1, 0.15) is 21.5 Å². The van der Waals surface area contributed by atoms with Gasteiger partial charge < -0.3 is 15.3 Å². The summed E-state index contributed by atoms with van der Waals surface area (Å²) in [5, 5.41) is 20.8. The third kappa shape index (κ3) is 3.22. The number of para-hydroxylation sites is 1. The monoisotopic (exact) mass is 375 g/mol. The molecule has 1 unspecified atom stereocenters. The molecular weight excluding hydrogens is 359 g/mol. The van der Waals surface area contributed by atoms with Crippen molar-refractivity contribution in [3.8, 4) is 6.07 Å². The minimum absolute atomic E-state index is 0.0946. The Morgan fingerprint density at radius 3 is 2.52 bits per heavy atom. The number of fused-ring (bicyclic) bond motifs is 1. The predicted octanol–water partition coefficient (Wildman–Crippen LogP) is 2.92. The molecule has 8 heteroatoms. The van der Waals surface area contributed by atoms with Gasteiger partial charge in [-0.3, -0.25) is 4.79 Å². The number of aliphatic hydroxyl groups is 1. The Bertz CT molecular complexity index is 893. The van der Waals surface area contributed by atoms with Crippen molar-refractivity contribution in [2.24, 2.45) is 0 Å². The standard InChI is InChI=1S/C19H16F3N3O2/c20-19(21,22)18(24-15-4-2-1-3-5-15)11-14-10-13(12-23)6-7-16(14)17(27)25(18)8-9-26/h1-7,10,24,26H,8-9,11H2. The highest BCUT2D eigenvalue weighted by molar-refractivity contribution is 5.98. The lowest BCUT2D eigenvalue weighted by Crippen LogP contribution is -2.69. The van der Waals surface area contributed by atoms with E-state index in [4.69, 9.17) is 5.26 Å². The first-order valence-corrected chi connectivity index (χ1v) is 8.18. The van der Waals surface area contributed by atoms with Crippen LogP contribution in [0, 0.1) is 11.3 Å². The van der Waals surface area contributed by atoms with Crippen molar-refractivity contribution >= 4 is 11.6 Å². The third-order valence-electron chi connectivity index (χ3n) is 4.53. The number of nitrogens with zero attached hydrogens (tertiary/aromatic N) is 2. The van der Waals surface area contributed by atoms with Crippen molar-refractivity contribution in [2.75, 3.05) is 18.5 Å². The fourth-order valence-corrected chi connectivity index (χ4v) is 3.30. The van der Waals surface area contributed by atoms with Gasteiger partial charge in [-0.05, 0) is 35.9 Å². The van der Waals surface area contributed by atoms with E-state index in [9.17, 15) is 23.1 Å². The van der Waals surface area contributed by atoms with Crippen LogP contribution in [0.3, 0.4) is 0 Å². The summed E-state index contributed by atoms with van der Waals surface area (Å²) in [6, 6.07) is 13.7. The van der Waals surface area contributed by atoms with Gasteiger partial charge in [0.15, 0.2) is 0 Å². The van der Waals surface area contributed by atoms with Crippen LogP contribution >= 0.6 is 0 Å². The molecule has 0 fully saturated rings. The zero-order valence-corrected chi connectivity index (χ0v) is 14.1. The molecule has 0 bridgehead atoms. The van der Waals surface area contributed by atoms with E-state index in [1.54, 1.807) is 18.2 Å². The zero-order chi connectivity index (χ0) is 19.7. The van der Waals surface area contributed by atoms with Crippen LogP contribution in [0.15, 0.2) is 48.5 Å². The molecule has 1 aliphatic rings. The Morgan fingerprint density at radius 1 is 1.22 bits per heavy atom. The van der Waals surface area contributed by atoms with Gasteiger partial charge in [0.2, 0.25) is 5.66 Å². The van der Waals surface area contributed by atoms with E-state index in [0.29, 0.717) is 4.90 Å². The number of β-amino-alcohol motifs (C(OH)–C–C–N with tert-alkyl or cyclic N) is 1. The van der Waals surface area contributed by atoms with Gasteiger partial charge in [-0.1, -0.05) is 18.2 Å². The Kier molecular flexibility index (Phi) is 4.81. The molecule has 2 N–H and O–H groups in total. The number of rotatable bonds is 4. The quantitative estimate of drug-likeness (QED) is 0.862. The maximum atomic E-state index is 14.3. The van der Waals surface area contributed by atoms with Crippen molar-refractivity contribution in [2.45, 2.75) is 18.3 Å². The second-order valence-electron chi connectivity index (χ2n) is 6.19. The molecule has 1 aliphatic heterocycles. The summed E-state index contributed by atoms with van der Waals surface area (Å²) < 4.78 is 42.9. The van der Waals surface area contributed by atoms with Gasteiger partial charge in [-0.15, -0.1) is 0 Å². The van der Waals surface area contributed by atoms with E-state index in [-0.39, 0.29) is 22.4 Å². The Morgan fingerprint density at radius 2 is 1.93 bits per heavy atom. The van der Waals surface area contributed by atoms with Crippen molar-refractivity contribution in [1.29, 1.82) is 5.26 Å². The van der Waals surface area contributed by atoms with Gasteiger partial charge in [0.25, 0.3) is 5.91 Å². The minimum Gasteiger partial charge on any atom is -0.395 e. The van der Waals surface area contributed by atoms with Crippen LogP contribution in [0.25, 0.3) is 0 Å². The number of nitrogens with one attached hydrogen (secondary N) is 1. The molecule has 2 aromatic rings. The number of hydrogen-bond acceptors (Lipinski definition) is 4. The van der Waals surface area contributed by atoms with E-state index < -0.39 is 37.3 Å². The fourth-order valence-electron chi connectivity index (χ4n) is 3.30. The van der Waals surface area contributed by atoms with Crippen LogP contribution < -0.4 is 5.32 Å². The molecule has 140 valence electrons. The predicted molar refractivity (Wildman–Crippen MR) is 91.8 cm³/mol. The topological polar surface area (TPSA) is 76.4 Å². The summed E-state index contributed by atoms with van der Waals surface area (Å²) in [6.07, 6.45) is -5.42. The number of aliphatic hydroxyl groups excluding tert-OH is 1. The largest absolute Gasteiger partial charge is 0.430 e. The molecule has 0 spiro atoms. The highest BCUT2D eigenvalue weighted by Crippen LogP contribution is 2.43. The molecule has 1 atom stereocenters. The van der Waals surface area contributed by atoms with Crippen LogP contribution in [0.5, 0.6) is 0 Å². The van der Waals surface area contributed by atoms with Crippen molar-refractivity contribution in [1.82, 2.24) is 4.90 Å². The number of benzene rings is 2. The lowest BCUT2D eigenvalue weighted by molar-refractivity contribution is -0.216. The van der Waals surface area contributed by atoms with E-state index >= 15 is 0 Å². The SMILES string of the molecule is N#Cc1ccc2c(c1)CC(Nc1ccccc1)(C(F)(F)F)N(CCO)C2=O. The summed E-state index contributed by atoms with van der Waals surface area (Å²) in [7, 11) is 0. The lowest BCUT2D eigenvalue weighted by atomic mass is 9.86. The van der Waals surface area contributed by atoms with Crippen molar-refractivity contribution < 1.29 is 23.1 Å². The van der Waals surface area contributed by atoms with Crippen molar-refractivity contribution in [3.05, 3.63) is 65.2 Å². The molecule has 2 aromatic carbocycles. The molecule has 1 heterocycles. The van der Waals surface area contributed by atoms with Gasteiger partial charge in [-0.25, -0.2) is 0 Å². The smallest absolute Gasteiger partial charge is 0.395 e. The molecule has 0 aliphatic carbocycles. The van der Waals surface area contributed by atoms with E-state index in [1.165, 1.54) is 30.3 Å². The summed E-state index contributed by atoms with van der Waals surface area (Å²) in [4.78, 5) is 13.5. The summed E-state index contributed by atoms with van der Waals surface area (Å²) in [6.45, 7) is -1.11. The molecule has 0 saturated carbocycles. The highest BCUT2D eigenvalue weighted by Gasteiger charge is 2.62. The summed E-state index contributed by atoms with van der Waals surface area (Å²) in [5.74, 6) is -0.851. The van der Waals surface area contributed by atoms with E-state index in [0.717, 1.165) is 0 Å². The van der Waals surface area contributed by atoms with Crippen LogP contribution in [-0.4, -0.2) is 40.9 Å². The van der Waals surface area contributed by atoms with Gasteiger partial charge in [-0.2, -0.15) is 18.4 Å². The number of hydrogen-bond donors (Lipinski definition) is 2. The minimum atomic E-state index is -4.84. The second kappa shape index (κ2) is 6.93. The average Bonchev–Trinajstić information content (AvgIpc) is 2.64. The summed E-state index contributed by atoms with van der Waals surface area (Å²) in [5.41, 5.74) is -2.15. The van der Waals surface area contributed by atoms with Crippen LogP contribution in [-0.2, 0) is 6.42 Å². The second-order valence-corrected chi connectivity index (χ2v) is 6.19. The Hall–Kier alpha value is -3.05. The van der Waals surface area contributed by atoms with Gasteiger partial charge >= 0.3 is 6.18 Å². The number of carbonyl (C=O) groups excluding carboxylic acids is 1. The number of anilines is 1. The van der Waals surface area contributed by atoms with E-state index in [1.807, 2.05) is 6.07 Å². The molecule has 0 aromatic heterocycles.